The van der Waals surface area contributed by atoms with Gasteiger partial charge in [-0.05, 0) is 60.2 Å². The molecular weight excluding hydrogens is 416 g/mol. The van der Waals surface area contributed by atoms with Gasteiger partial charge in [0.05, 0.1) is 0 Å². The number of pyridine rings is 1. The van der Waals surface area contributed by atoms with Crippen LogP contribution >= 0.6 is 15.9 Å². The number of aromatic nitrogens is 1. The van der Waals surface area contributed by atoms with E-state index in [4.69, 9.17) is 0 Å². The van der Waals surface area contributed by atoms with Gasteiger partial charge in [0.25, 0.3) is 5.56 Å². The molecule has 3 aromatic rings. The van der Waals surface area contributed by atoms with Crippen molar-refractivity contribution in [2.75, 3.05) is 0 Å². The van der Waals surface area contributed by atoms with E-state index in [0.29, 0.717) is 6.42 Å². The van der Waals surface area contributed by atoms with Gasteiger partial charge >= 0.3 is 0 Å². The lowest BCUT2D eigenvalue weighted by Crippen LogP contribution is -2.18. The molecule has 1 aromatic heterocycles. The first-order chi connectivity index (χ1) is 13.4. The van der Waals surface area contributed by atoms with Crippen molar-refractivity contribution in [1.82, 2.24) is 4.57 Å². The average Bonchev–Trinajstić information content (AvgIpc) is 2.68. The zero-order valence-corrected chi connectivity index (χ0v) is 17.8. The van der Waals surface area contributed by atoms with Gasteiger partial charge in [-0.1, -0.05) is 57.5 Å². The maximum absolute atomic E-state index is 11.9. The van der Waals surface area contributed by atoms with E-state index in [1.807, 2.05) is 31.2 Å². The van der Waals surface area contributed by atoms with Crippen molar-refractivity contribution >= 4 is 15.9 Å². The Kier molecular flexibility index (Phi) is 6.25. The molecule has 2 aromatic carbocycles. The lowest BCUT2D eigenvalue weighted by atomic mass is 9.82. The van der Waals surface area contributed by atoms with Gasteiger partial charge in [0.15, 0.2) is 0 Å². The third-order valence-electron chi connectivity index (χ3n) is 5.26. The van der Waals surface area contributed by atoms with Gasteiger partial charge < -0.3 is 4.57 Å². The highest BCUT2D eigenvalue weighted by atomic mass is 79.9. The molecule has 0 saturated carbocycles. The lowest BCUT2D eigenvalue weighted by molar-refractivity contribution is 0.584. The Morgan fingerprint density at radius 2 is 1.68 bits per heavy atom. The van der Waals surface area contributed by atoms with Crippen molar-refractivity contribution in [2.45, 2.75) is 32.2 Å². The smallest absolute Gasteiger partial charge is 0.250 e. The van der Waals surface area contributed by atoms with Crippen LogP contribution in [0.1, 0.15) is 46.2 Å². The Balaban J connectivity index is 2.07. The predicted octanol–water partition coefficient (Wildman–Crippen LogP) is 5.79. The molecule has 28 heavy (non-hydrogen) atoms. The van der Waals surface area contributed by atoms with Crippen LogP contribution in [0.5, 0.6) is 0 Å². The first kappa shape index (κ1) is 20.2. The van der Waals surface area contributed by atoms with E-state index in [-0.39, 0.29) is 11.5 Å². The van der Waals surface area contributed by atoms with E-state index < -0.39 is 6.04 Å². The topological polar surface area (TPSA) is 51.4 Å². The largest absolute Gasteiger partial charge is 0.318 e. The van der Waals surface area contributed by atoms with Crippen LogP contribution in [0.4, 0.5) is 0 Å². The van der Waals surface area contributed by atoms with Gasteiger partial charge in [-0.15, -0.1) is 0 Å². The molecule has 0 aliphatic carbocycles. The SMILES string of the molecule is Cc1cc(=O)n(C)cc1C(CC(c1ccc(Br)cc1)c1ccccc1C)N=O. The summed E-state index contributed by atoms with van der Waals surface area (Å²) >= 11 is 3.49. The van der Waals surface area contributed by atoms with Crippen LogP contribution in [0.2, 0.25) is 0 Å². The van der Waals surface area contributed by atoms with Crippen LogP contribution in [0.3, 0.4) is 0 Å². The van der Waals surface area contributed by atoms with Crippen LogP contribution in [-0.2, 0) is 7.05 Å². The number of rotatable bonds is 6. The number of nitroso groups, excluding NO2 is 1. The highest BCUT2D eigenvalue weighted by Crippen LogP contribution is 2.38. The lowest BCUT2D eigenvalue weighted by Gasteiger charge is -2.23. The minimum absolute atomic E-state index is 0.0219. The fraction of sp³-hybridized carbons (Fsp3) is 0.261. The average molecular weight is 439 g/mol. The van der Waals surface area contributed by atoms with Crippen molar-refractivity contribution in [3.63, 3.8) is 0 Å². The summed E-state index contributed by atoms with van der Waals surface area (Å²) in [6, 6.07) is 17.4. The Bertz CT molecular complexity index is 1040. The monoisotopic (exact) mass is 438 g/mol. The maximum Gasteiger partial charge on any atom is 0.250 e. The standard InChI is InChI=1S/C23H23BrN2O2/c1-15-6-4-5-7-19(15)20(17-8-10-18(24)11-9-17)13-22(25-28)21-14-26(3)23(27)12-16(21)2/h4-12,14,20,22H,13H2,1-3H3. The molecule has 2 unspecified atom stereocenters. The highest BCUT2D eigenvalue weighted by Gasteiger charge is 2.24. The van der Waals surface area contributed by atoms with Crippen molar-refractivity contribution in [2.24, 2.45) is 12.2 Å². The van der Waals surface area contributed by atoms with Gasteiger partial charge in [-0.25, -0.2) is 0 Å². The normalized spacial score (nSPS) is 13.1. The Labute approximate surface area is 173 Å². The summed E-state index contributed by atoms with van der Waals surface area (Å²) in [5, 5.41) is 3.45. The van der Waals surface area contributed by atoms with Crippen LogP contribution in [-0.4, -0.2) is 4.57 Å². The second-order valence-corrected chi connectivity index (χ2v) is 8.09. The number of nitrogens with zero attached hydrogens (tertiary/aromatic N) is 2. The minimum Gasteiger partial charge on any atom is -0.318 e. The molecule has 0 radical (unpaired) electrons. The predicted molar refractivity (Wildman–Crippen MR) is 117 cm³/mol. The van der Waals surface area contributed by atoms with Crippen molar-refractivity contribution < 1.29 is 0 Å². The molecular formula is C23H23BrN2O2. The Morgan fingerprint density at radius 1 is 1.00 bits per heavy atom. The van der Waals surface area contributed by atoms with Gasteiger partial charge in [0, 0.05) is 29.7 Å². The summed E-state index contributed by atoms with van der Waals surface area (Å²) < 4.78 is 2.52. The minimum atomic E-state index is -0.542. The fourth-order valence-electron chi connectivity index (χ4n) is 3.66. The number of halogens is 1. The third-order valence-corrected chi connectivity index (χ3v) is 5.79. The summed E-state index contributed by atoms with van der Waals surface area (Å²) in [6.07, 6.45) is 2.27. The van der Waals surface area contributed by atoms with E-state index in [9.17, 15) is 9.70 Å². The molecule has 0 bridgehead atoms. The summed E-state index contributed by atoms with van der Waals surface area (Å²) in [7, 11) is 1.70. The van der Waals surface area contributed by atoms with Crippen LogP contribution < -0.4 is 5.56 Å². The summed E-state index contributed by atoms with van der Waals surface area (Å²) in [5.74, 6) is 0.0219. The van der Waals surface area contributed by atoms with Gasteiger partial charge in [-0.3, -0.25) is 4.79 Å². The molecule has 3 rings (SSSR count). The van der Waals surface area contributed by atoms with Crippen LogP contribution in [0.15, 0.2) is 75.2 Å². The van der Waals surface area contributed by atoms with Gasteiger partial charge in [-0.2, -0.15) is 4.91 Å². The molecule has 0 spiro atoms. The van der Waals surface area contributed by atoms with E-state index in [2.05, 4.69) is 52.3 Å². The molecule has 0 amide bonds. The Morgan fingerprint density at radius 3 is 2.32 bits per heavy atom. The van der Waals surface area contributed by atoms with E-state index in [0.717, 1.165) is 21.2 Å². The number of benzene rings is 2. The first-order valence-electron chi connectivity index (χ1n) is 9.21. The Hall–Kier alpha value is -2.53. The van der Waals surface area contributed by atoms with E-state index >= 15 is 0 Å². The zero-order chi connectivity index (χ0) is 20.3. The number of hydrogen-bond acceptors (Lipinski definition) is 3. The molecule has 0 aliphatic heterocycles. The maximum atomic E-state index is 11.9. The molecule has 0 fully saturated rings. The van der Waals surface area contributed by atoms with Crippen LogP contribution in [0, 0.1) is 18.8 Å². The number of hydrogen-bond donors (Lipinski definition) is 0. The molecule has 4 nitrogen and oxygen atoms in total. The second-order valence-electron chi connectivity index (χ2n) is 7.18. The summed E-state index contributed by atoms with van der Waals surface area (Å²) in [4.78, 5) is 23.7. The van der Waals surface area contributed by atoms with Gasteiger partial charge in [0.1, 0.15) is 6.04 Å². The molecule has 0 N–H and O–H groups in total. The van der Waals surface area contributed by atoms with Gasteiger partial charge in [0.2, 0.25) is 0 Å². The van der Waals surface area contributed by atoms with Crippen LogP contribution in [0.25, 0.3) is 0 Å². The van der Waals surface area contributed by atoms with Crippen molar-refractivity contribution in [3.8, 4) is 0 Å². The molecule has 2 atom stereocenters. The molecule has 0 aliphatic rings. The second kappa shape index (κ2) is 8.65. The molecule has 0 saturated heterocycles. The van der Waals surface area contributed by atoms with Crippen molar-refractivity contribution in [3.05, 3.63) is 108 Å². The number of aryl methyl sites for hydroxylation is 3. The fourth-order valence-corrected chi connectivity index (χ4v) is 3.92. The molecule has 1 heterocycles. The van der Waals surface area contributed by atoms with E-state index in [1.54, 1.807) is 19.3 Å². The molecule has 5 heteroatoms. The first-order valence-corrected chi connectivity index (χ1v) is 10.0. The quantitative estimate of drug-likeness (QED) is 0.456. The molecule has 144 valence electrons. The highest BCUT2D eigenvalue weighted by molar-refractivity contribution is 9.10. The van der Waals surface area contributed by atoms with Crippen molar-refractivity contribution in [1.29, 1.82) is 0 Å². The summed E-state index contributed by atoms with van der Waals surface area (Å²) in [6.45, 7) is 3.94. The summed E-state index contributed by atoms with van der Waals surface area (Å²) in [5.41, 5.74) is 5.00. The van der Waals surface area contributed by atoms with E-state index in [1.165, 1.54) is 15.7 Å². The zero-order valence-electron chi connectivity index (χ0n) is 16.2. The third kappa shape index (κ3) is 4.30.